The molecular formula is C24H23N3O2S. The smallest absolute Gasteiger partial charge is 0.272 e. The number of rotatable bonds is 6. The minimum Gasteiger partial charge on any atom is -0.373 e. The van der Waals surface area contributed by atoms with E-state index in [-0.39, 0.29) is 11.3 Å². The zero-order valence-electron chi connectivity index (χ0n) is 17.4. The highest BCUT2D eigenvalue weighted by Gasteiger charge is 2.23. The van der Waals surface area contributed by atoms with Crippen molar-refractivity contribution in [1.82, 2.24) is 4.98 Å². The molecule has 1 aromatic carbocycles. The second-order valence-corrected chi connectivity index (χ2v) is 8.08. The molecule has 3 aromatic rings. The molecule has 2 aromatic heterocycles. The average Bonchev–Trinajstić information content (AvgIpc) is 3.25. The van der Waals surface area contributed by atoms with E-state index in [0.29, 0.717) is 34.5 Å². The molecule has 0 aliphatic carbocycles. The number of nitrogens with zero attached hydrogens (tertiary/aromatic N) is 2. The number of hydrogen-bond donors (Lipinski definition) is 1. The van der Waals surface area contributed by atoms with E-state index in [2.05, 4.69) is 11.1 Å². The fourth-order valence-electron chi connectivity index (χ4n) is 3.53. The summed E-state index contributed by atoms with van der Waals surface area (Å²) in [7, 11) is 3.52. The first kappa shape index (κ1) is 21.3. The summed E-state index contributed by atoms with van der Waals surface area (Å²) in [4.78, 5) is 31.5. The molecular weight excluding hydrogens is 394 g/mol. The largest absolute Gasteiger partial charge is 0.373 e. The average molecular weight is 418 g/mol. The highest BCUT2D eigenvalue weighted by molar-refractivity contribution is 7.11. The number of nitrogens with one attached hydrogen (secondary N) is 1. The molecule has 0 radical (unpaired) electrons. The Morgan fingerprint density at radius 2 is 2.03 bits per heavy atom. The van der Waals surface area contributed by atoms with E-state index in [4.69, 9.17) is 0 Å². The standard InChI is InChI=1S/C24H23N3O2S/c1-5-19-15(2)26-24(29)22(27(3)4)21(19)23(28)17-9-6-8-16(12-17)13-18(14-25)20-10-7-11-30-20/h6-13H,5H2,1-4H3,(H,26,29)/b18-13+. The first-order valence-electron chi connectivity index (χ1n) is 9.60. The van der Waals surface area contributed by atoms with Crippen molar-refractivity contribution in [1.29, 1.82) is 5.26 Å². The Labute approximate surface area is 179 Å². The number of aromatic amines is 1. The Hall–Kier alpha value is -3.43. The van der Waals surface area contributed by atoms with Crippen LogP contribution in [0.5, 0.6) is 0 Å². The van der Waals surface area contributed by atoms with Crippen molar-refractivity contribution in [2.24, 2.45) is 0 Å². The van der Waals surface area contributed by atoms with Gasteiger partial charge in [0.25, 0.3) is 5.56 Å². The first-order chi connectivity index (χ1) is 14.4. The third-order valence-corrected chi connectivity index (χ3v) is 5.81. The molecule has 0 spiro atoms. The Kier molecular flexibility index (Phi) is 6.34. The highest BCUT2D eigenvalue weighted by Crippen LogP contribution is 2.26. The van der Waals surface area contributed by atoms with Gasteiger partial charge in [0.15, 0.2) is 5.78 Å². The normalized spacial score (nSPS) is 11.2. The number of H-pyrrole nitrogens is 1. The Balaban J connectivity index is 2.13. The van der Waals surface area contributed by atoms with E-state index >= 15 is 0 Å². The number of hydrogen-bond acceptors (Lipinski definition) is 5. The summed E-state index contributed by atoms with van der Waals surface area (Å²) >= 11 is 1.49. The molecule has 0 bridgehead atoms. The Morgan fingerprint density at radius 1 is 1.27 bits per heavy atom. The summed E-state index contributed by atoms with van der Waals surface area (Å²) < 4.78 is 0. The molecule has 0 aliphatic rings. The second-order valence-electron chi connectivity index (χ2n) is 7.13. The molecule has 1 N–H and O–H groups in total. The lowest BCUT2D eigenvalue weighted by Gasteiger charge is -2.20. The fourth-order valence-corrected chi connectivity index (χ4v) is 4.23. The van der Waals surface area contributed by atoms with Gasteiger partial charge < -0.3 is 9.88 Å². The molecule has 0 amide bonds. The van der Waals surface area contributed by atoms with Crippen molar-refractivity contribution in [3.05, 3.63) is 85.0 Å². The summed E-state index contributed by atoms with van der Waals surface area (Å²) in [6.07, 6.45) is 2.40. The lowest BCUT2D eigenvalue weighted by atomic mass is 9.93. The topological polar surface area (TPSA) is 77.0 Å². The van der Waals surface area contributed by atoms with Crippen LogP contribution < -0.4 is 10.5 Å². The summed E-state index contributed by atoms with van der Waals surface area (Å²) in [6.45, 7) is 3.78. The number of carbonyl (C=O) groups excluding carboxylic acids is 1. The predicted molar refractivity (Wildman–Crippen MR) is 123 cm³/mol. The van der Waals surface area contributed by atoms with Gasteiger partial charge in [-0.25, -0.2) is 0 Å². The van der Waals surface area contributed by atoms with Gasteiger partial charge in [0.05, 0.1) is 11.1 Å². The molecule has 0 unspecified atom stereocenters. The molecule has 2 heterocycles. The van der Waals surface area contributed by atoms with E-state index < -0.39 is 0 Å². The van der Waals surface area contributed by atoms with Crippen LogP contribution in [-0.4, -0.2) is 24.9 Å². The lowest BCUT2D eigenvalue weighted by molar-refractivity contribution is 0.103. The molecule has 5 nitrogen and oxygen atoms in total. The molecule has 0 atom stereocenters. The van der Waals surface area contributed by atoms with Gasteiger partial charge in [-0.05, 0) is 48.1 Å². The summed E-state index contributed by atoms with van der Waals surface area (Å²) in [5.41, 5.74) is 3.84. The van der Waals surface area contributed by atoms with Crippen LogP contribution in [0.4, 0.5) is 5.69 Å². The number of aryl methyl sites for hydroxylation is 1. The van der Waals surface area contributed by atoms with Gasteiger partial charge in [-0.1, -0.05) is 31.2 Å². The number of anilines is 1. The molecule has 6 heteroatoms. The zero-order valence-corrected chi connectivity index (χ0v) is 18.3. The van der Waals surface area contributed by atoms with Crippen molar-refractivity contribution < 1.29 is 4.79 Å². The first-order valence-corrected chi connectivity index (χ1v) is 10.5. The number of pyridine rings is 1. The Morgan fingerprint density at radius 3 is 2.63 bits per heavy atom. The molecule has 0 saturated heterocycles. The van der Waals surface area contributed by atoms with Crippen molar-refractivity contribution >= 4 is 34.5 Å². The second kappa shape index (κ2) is 8.93. The van der Waals surface area contributed by atoms with Crippen LogP contribution in [0.15, 0.2) is 46.6 Å². The summed E-state index contributed by atoms with van der Waals surface area (Å²) in [5, 5.41) is 11.4. The molecule has 30 heavy (non-hydrogen) atoms. The van der Waals surface area contributed by atoms with Gasteiger partial charge >= 0.3 is 0 Å². The zero-order chi connectivity index (χ0) is 21.8. The van der Waals surface area contributed by atoms with Gasteiger partial charge in [-0.15, -0.1) is 11.3 Å². The van der Waals surface area contributed by atoms with Gasteiger partial charge in [0, 0.05) is 30.2 Å². The van der Waals surface area contributed by atoms with Crippen LogP contribution in [0.3, 0.4) is 0 Å². The SMILES string of the molecule is CCc1c(C)[nH]c(=O)c(N(C)C)c1C(=O)c1cccc(/C=C(\C#N)c2cccs2)c1. The number of carbonyl (C=O) groups is 1. The van der Waals surface area contributed by atoms with Crippen molar-refractivity contribution in [2.75, 3.05) is 19.0 Å². The van der Waals surface area contributed by atoms with Gasteiger partial charge in [0.2, 0.25) is 0 Å². The van der Waals surface area contributed by atoms with Gasteiger partial charge in [-0.2, -0.15) is 5.26 Å². The Bertz CT molecular complexity index is 1210. The molecule has 0 saturated carbocycles. The van der Waals surface area contributed by atoms with E-state index in [0.717, 1.165) is 16.0 Å². The minimum atomic E-state index is -0.279. The van der Waals surface area contributed by atoms with Crippen LogP contribution in [-0.2, 0) is 6.42 Å². The quantitative estimate of drug-likeness (QED) is 0.467. The van der Waals surface area contributed by atoms with Gasteiger partial charge in [-0.3, -0.25) is 9.59 Å². The lowest BCUT2D eigenvalue weighted by Crippen LogP contribution is -2.27. The molecule has 0 fully saturated rings. The van der Waals surface area contributed by atoms with Crippen LogP contribution in [0.25, 0.3) is 11.6 Å². The van der Waals surface area contributed by atoms with Crippen LogP contribution in [0.2, 0.25) is 0 Å². The summed E-state index contributed by atoms with van der Waals surface area (Å²) in [6, 6.07) is 13.2. The van der Waals surface area contributed by atoms with Crippen molar-refractivity contribution in [2.45, 2.75) is 20.3 Å². The van der Waals surface area contributed by atoms with Crippen molar-refractivity contribution in [3.8, 4) is 6.07 Å². The maximum Gasteiger partial charge on any atom is 0.272 e. The minimum absolute atomic E-state index is 0.199. The maximum atomic E-state index is 13.5. The molecule has 0 aliphatic heterocycles. The highest BCUT2D eigenvalue weighted by atomic mass is 32.1. The van der Waals surface area contributed by atoms with Crippen LogP contribution in [0.1, 0.15) is 44.5 Å². The number of nitriles is 1. The van der Waals surface area contributed by atoms with Crippen LogP contribution in [0, 0.1) is 18.3 Å². The third kappa shape index (κ3) is 4.12. The number of allylic oxidation sites excluding steroid dienone is 1. The van der Waals surface area contributed by atoms with Crippen molar-refractivity contribution in [3.63, 3.8) is 0 Å². The fraction of sp³-hybridized carbons (Fsp3) is 0.208. The van der Waals surface area contributed by atoms with Gasteiger partial charge in [0.1, 0.15) is 11.8 Å². The van der Waals surface area contributed by atoms with E-state index in [1.807, 2.05) is 37.4 Å². The van der Waals surface area contributed by atoms with E-state index in [9.17, 15) is 14.9 Å². The van der Waals surface area contributed by atoms with E-state index in [1.165, 1.54) is 11.3 Å². The maximum absolute atomic E-state index is 13.5. The van der Waals surface area contributed by atoms with Crippen LogP contribution >= 0.6 is 11.3 Å². The number of aromatic nitrogens is 1. The number of ketones is 1. The number of benzene rings is 1. The molecule has 152 valence electrons. The predicted octanol–water partition coefficient (Wildman–Crippen LogP) is 4.67. The molecule has 3 rings (SSSR count). The monoisotopic (exact) mass is 417 g/mol. The summed E-state index contributed by atoms with van der Waals surface area (Å²) in [5.74, 6) is -0.199. The van der Waals surface area contributed by atoms with E-state index in [1.54, 1.807) is 43.3 Å². The third-order valence-electron chi connectivity index (χ3n) is 4.90. The number of thiophene rings is 1.